The fourth-order valence-corrected chi connectivity index (χ4v) is 1.81. The molecule has 1 aromatic rings. The lowest BCUT2D eigenvalue weighted by Gasteiger charge is -2.19. The Morgan fingerprint density at radius 1 is 1.21 bits per heavy atom. The molecule has 0 aromatic heterocycles. The zero-order valence-electron chi connectivity index (χ0n) is 8.90. The highest BCUT2D eigenvalue weighted by atomic mass is 14.2. The number of benzene rings is 1. The highest BCUT2D eigenvalue weighted by molar-refractivity contribution is 5.20. The molecule has 1 atom stereocenters. The van der Waals surface area contributed by atoms with E-state index >= 15 is 0 Å². The molecule has 0 bridgehead atoms. The second-order valence-corrected chi connectivity index (χ2v) is 3.96. The molecule has 1 heteroatoms. The molecule has 0 fully saturated rings. The van der Waals surface area contributed by atoms with Crippen molar-refractivity contribution in [1.29, 1.82) is 5.26 Å². The highest BCUT2D eigenvalue weighted by Crippen LogP contribution is 2.28. The van der Waals surface area contributed by atoms with Gasteiger partial charge in [-0.05, 0) is 23.8 Å². The van der Waals surface area contributed by atoms with Crippen molar-refractivity contribution in [2.24, 2.45) is 5.92 Å². The molecule has 0 N–H and O–H groups in total. The molecule has 0 aliphatic rings. The summed E-state index contributed by atoms with van der Waals surface area (Å²) >= 11 is 0. The monoisotopic (exact) mass is 187 g/mol. The van der Waals surface area contributed by atoms with Crippen LogP contribution in [0.3, 0.4) is 0 Å². The van der Waals surface area contributed by atoms with Crippen LogP contribution in [0, 0.1) is 17.2 Å². The van der Waals surface area contributed by atoms with Crippen molar-refractivity contribution in [3.63, 3.8) is 0 Å². The van der Waals surface area contributed by atoms with Gasteiger partial charge in [0.1, 0.15) is 0 Å². The Bertz CT molecular complexity index is 295. The van der Waals surface area contributed by atoms with Crippen LogP contribution in [0.4, 0.5) is 0 Å². The van der Waals surface area contributed by atoms with Crippen molar-refractivity contribution in [1.82, 2.24) is 0 Å². The predicted octanol–water partition coefficient (Wildman–Crippen LogP) is 3.73. The molecule has 0 saturated carbocycles. The van der Waals surface area contributed by atoms with Gasteiger partial charge in [0.05, 0.1) is 6.07 Å². The summed E-state index contributed by atoms with van der Waals surface area (Å²) in [6.07, 6.45) is 1.62. The van der Waals surface area contributed by atoms with Gasteiger partial charge in [-0.3, -0.25) is 0 Å². The molecule has 1 aromatic carbocycles. The Morgan fingerprint density at radius 2 is 1.86 bits per heavy atom. The van der Waals surface area contributed by atoms with Crippen LogP contribution < -0.4 is 0 Å². The van der Waals surface area contributed by atoms with Gasteiger partial charge < -0.3 is 0 Å². The summed E-state index contributed by atoms with van der Waals surface area (Å²) in [5.41, 5.74) is 1.36. The average Bonchev–Trinajstić information content (AvgIpc) is 2.19. The quantitative estimate of drug-likeness (QED) is 0.704. The van der Waals surface area contributed by atoms with Gasteiger partial charge in [0.15, 0.2) is 0 Å². The van der Waals surface area contributed by atoms with Gasteiger partial charge in [-0.2, -0.15) is 5.26 Å². The molecule has 1 nitrogen and oxygen atoms in total. The van der Waals surface area contributed by atoms with E-state index in [-0.39, 0.29) is 0 Å². The summed E-state index contributed by atoms with van der Waals surface area (Å²) in [4.78, 5) is 0. The van der Waals surface area contributed by atoms with Gasteiger partial charge in [0.25, 0.3) is 0 Å². The molecule has 1 unspecified atom stereocenters. The number of rotatable bonds is 4. The van der Waals surface area contributed by atoms with E-state index in [0.717, 1.165) is 6.42 Å². The van der Waals surface area contributed by atoms with Crippen LogP contribution in [0.2, 0.25) is 0 Å². The van der Waals surface area contributed by atoms with Crippen molar-refractivity contribution >= 4 is 0 Å². The first-order chi connectivity index (χ1) is 6.75. The Morgan fingerprint density at radius 3 is 2.36 bits per heavy atom. The van der Waals surface area contributed by atoms with Crippen molar-refractivity contribution in [3.05, 3.63) is 35.9 Å². The minimum absolute atomic E-state index is 0.524. The van der Waals surface area contributed by atoms with Crippen molar-refractivity contribution < 1.29 is 0 Å². The second-order valence-electron chi connectivity index (χ2n) is 3.96. The second kappa shape index (κ2) is 5.44. The van der Waals surface area contributed by atoms with Crippen LogP contribution in [0.5, 0.6) is 0 Å². The number of hydrogen-bond donors (Lipinski definition) is 0. The SMILES string of the molecule is CC(C)C(CCC#N)c1ccccc1. The van der Waals surface area contributed by atoms with Crippen LogP contribution in [0.15, 0.2) is 30.3 Å². The number of nitriles is 1. The van der Waals surface area contributed by atoms with Crippen LogP contribution in [0.1, 0.15) is 38.2 Å². The Balaban J connectivity index is 2.74. The minimum atomic E-state index is 0.524. The Labute approximate surface area is 86.4 Å². The lowest BCUT2D eigenvalue weighted by molar-refractivity contribution is 0.473. The third-order valence-electron chi connectivity index (χ3n) is 2.60. The topological polar surface area (TPSA) is 23.8 Å². The van der Waals surface area contributed by atoms with E-state index in [0.29, 0.717) is 18.3 Å². The first-order valence-corrected chi connectivity index (χ1v) is 5.17. The fraction of sp³-hybridized carbons (Fsp3) is 0.462. The summed E-state index contributed by atoms with van der Waals surface area (Å²) in [5.74, 6) is 1.13. The van der Waals surface area contributed by atoms with E-state index in [4.69, 9.17) is 5.26 Å². The first kappa shape index (κ1) is 10.8. The smallest absolute Gasteiger partial charge is 0.0621 e. The maximum atomic E-state index is 8.59. The van der Waals surface area contributed by atoms with Crippen LogP contribution in [-0.4, -0.2) is 0 Å². The molecular weight excluding hydrogens is 170 g/mol. The lowest BCUT2D eigenvalue weighted by atomic mass is 9.85. The molecule has 1 rings (SSSR count). The number of nitrogens with zero attached hydrogens (tertiary/aromatic N) is 1. The molecule has 0 heterocycles. The fourth-order valence-electron chi connectivity index (χ4n) is 1.81. The summed E-state index contributed by atoms with van der Waals surface area (Å²) in [5, 5.41) is 8.59. The van der Waals surface area contributed by atoms with E-state index in [1.54, 1.807) is 0 Å². The normalized spacial score (nSPS) is 12.4. The molecular formula is C13H17N. The van der Waals surface area contributed by atoms with Gasteiger partial charge in [0, 0.05) is 6.42 Å². The molecule has 0 radical (unpaired) electrons. The van der Waals surface area contributed by atoms with Gasteiger partial charge in [-0.15, -0.1) is 0 Å². The standard InChI is InChI=1S/C13H17N/c1-11(2)13(9-6-10-14)12-7-4-3-5-8-12/h3-5,7-8,11,13H,6,9H2,1-2H3. The molecule has 74 valence electrons. The first-order valence-electron chi connectivity index (χ1n) is 5.17. The highest BCUT2D eigenvalue weighted by Gasteiger charge is 2.14. The van der Waals surface area contributed by atoms with Crippen LogP contribution in [0.25, 0.3) is 0 Å². The van der Waals surface area contributed by atoms with Crippen molar-refractivity contribution in [3.8, 4) is 6.07 Å². The molecule has 0 aliphatic carbocycles. The molecule has 0 amide bonds. The molecule has 0 spiro atoms. The van der Waals surface area contributed by atoms with E-state index in [2.05, 4.69) is 44.2 Å². The predicted molar refractivity (Wildman–Crippen MR) is 58.9 cm³/mol. The summed E-state index contributed by atoms with van der Waals surface area (Å²) in [6, 6.07) is 12.7. The maximum absolute atomic E-state index is 8.59. The average molecular weight is 187 g/mol. The number of hydrogen-bond acceptors (Lipinski definition) is 1. The zero-order chi connectivity index (χ0) is 10.4. The molecule has 14 heavy (non-hydrogen) atoms. The summed E-state index contributed by atoms with van der Waals surface area (Å²) in [6.45, 7) is 4.43. The molecule has 0 saturated heterocycles. The van der Waals surface area contributed by atoms with Gasteiger partial charge >= 0.3 is 0 Å². The van der Waals surface area contributed by atoms with Gasteiger partial charge in [-0.25, -0.2) is 0 Å². The van der Waals surface area contributed by atoms with Gasteiger partial charge in [-0.1, -0.05) is 44.2 Å². The van der Waals surface area contributed by atoms with E-state index in [9.17, 15) is 0 Å². The zero-order valence-corrected chi connectivity index (χ0v) is 8.90. The third-order valence-corrected chi connectivity index (χ3v) is 2.60. The van der Waals surface area contributed by atoms with Crippen molar-refractivity contribution in [2.45, 2.75) is 32.6 Å². The van der Waals surface area contributed by atoms with Crippen molar-refractivity contribution in [2.75, 3.05) is 0 Å². The van der Waals surface area contributed by atoms with Crippen LogP contribution >= 0.6 is 0 Å². The van der Waals surface area contributed by atoms with Crippen LogP contribution in [-0.2, 0) is 0 Å². The largest absolute Gasteiger partial charge is 0.198 e. The molecule has 0 aliphatic heterocycles. The summed E-state index contributed by atoms with van der Waals surface area (Å²) in [7, 11) is 0. The Kier molecular flexibility index (Phi) is 4.19. The Hall–Kier alpha value is -1.29. The maximum Gasteiger partial charge on any atom is 0.0621 e. The van der Waals surface area contributed by atoms with Gasteiger partial charge in [0.2, 0.25) is 0 Å². The third kappa shape index (κ3) is 2.88. The minimum Gasteiger partial charge on any atom is -0.198 e. The summed E-state index contributed by atoms with van der Waals surface area (Å²) < 4.78 is 0. The van der Waals surface area contributed by atoms with E-state index in [1.165, 1.54) is 5.56 Å². The lowest BCUT2D eigenvalue weighted by Crippen LogP contribution is -2.06. The van der Waals surface area contributed by atoms with E-state index in [1.807, 2.05) is 6.07 Å². The van der Waals surface area contributed by atoms with E-state index < -0.39 is 0 Å².